The molecule has 142 valence electrons. The summed E-state index contributed by atoms with van der Waals surface area (Å²) >= 11 is 8.50. The predicted octanol–water partition coefficient (Wildman–Crippen LogP) is 3.84. The number of benzene rings is 1. The average molecular weight is 457 g/mol. The Balaban J connectivity index is 1.89. The number of imidazole rings is 1. The van der Waals surface area contributed by atoms with Gasteiger partial charge in [0.2, 0.25) is 0 Å². The van der Waals surface area contributed by atoms with Crippen molar-refractivity contribution in [3.63, 3.8) is 0 Å². The molecule has 0 bridgehead atoms. The van der Waals surface area contributed by atoms with Gasteiger partial charge in [-0.15, -0.1) is 0 Å². The molecule has 10 heteroatoms. The Labute approximate surface area is 166 Å². The number of nitrogens with zero attached hydrogens (tertiary/aromatic N) is 3. The van der Waals surface area contributed by atoms with Crippen molar-refractivity contribution in [1.82, 2.24) is 19.3 Å². The number of hydrogen-bond acceptors (Lipinski definition) is 4. The Morgan fingerprint density at radius 2 is 2.33 bits per heavy atom. The fourth-order valence-corrected chi connectivity index (χ4v) is 4.13. The number of rotatable bonds is 4. The third-order valence-corrected chi connectivity index (χ3v) is 5.30. The fourth-order valence-electron chi connectivity index (χ4n) is 3.41. The molecular weight excluding hydrogens is 442 g/mol. The molecule has 1 aliphatic heterocycles. The zero-order valence-corrected chi connectivity index (χ0v) is 16.6. The summed E-state index contributed by atoms with van der Waals surface area (Å²) in [6.45, 7) is 2.00. The molecule has 0 spiro atoms. The summed E-state index contributed by atoms with van der Waals surface area (Å²) in [4.78, 5) is 15.7. The number of aromatic amines is 1. The van der Waals surface area contributed by atoms with Gasteiger partial charge in [-0.3, -0.25) is 4.68 Å². The number of H-pyrrole nitrogens is 1. The minimum Gasteiger partial charge on any atom is -0.464 e. The van der Waals surface area contributed by atoms with E-state index in [0.29, 0.717) is 26.1 Å². The van der Waals surface area contributed by atoms with E-state index in [-0.39, 0.29) is 25.0 Å². The summed E-state index contributed by atoms with van der Waals surface area (Å²) in [5.41, 5.74) is 1.41. The van der Waals surface area contributed by atoms with Gasteiger partial charge in [-0.1, -0.05) is 15.9 Å². The Morgan fingerprint density at radius 1 is 1.56 bits per heavy atom. The fraction of sp³-hybridized carbons (Fsp3) is 0.353. The van der Waals surface area contributed by atoms with E-state index in [9.17, 15) is 13.6 Å². The molecule has 0 amide bonds. The standard InChI is InChI=1S/C17H15BrF2N4O2S/c1-2-26-16(25)15(14-13-5-9(19)6-23(13)17(27)21-14)24-7-10-11(20)3-8(18)4-12(10)22-24/h3-4,7,9,15H,2,5-6H2,1H3,(H,21,27)/t9-,15?/m1/s1. The number of nitrogens with one attached hydrogen (secondary N) is 1. The van der Waals surface area contributed by atoms with Crippen LogP contribution in [0, 0.1) is 10.6 Å². The predicted molar refractivity (Wildman–Crippen MR) is 100 cm³/mol. The van der Waals surface area contributed by atoms with E-state index in [4.69, 9.17) is 17.0 Å². The van der Waals surface area contributed by atoms with E-state index in [2.05, 4.69) is 26.0 Å². The van der Waals surface area contributed by atoms with Crippen molar-refractivity contribution in [1.29, 1.82) is 0 Å². The molecule has 1 unspecified atom stereocenters. The number of fused-ring (bicyclic) bond motifs is 2. The highest BCUT2D eigenvalue weighted by atomic mass is 79.9. The Morgan fingerprint density at radius 3 is 3.07 bits per heavy atom. The second-order valence-electron chi connectivity index (χ2n) is 6.29. The summed E-state index contributed by atoms with van der Waals surface area (Å²) in [6.07, 6.45) is 0.517. The second kappa shape index (κ2) is 6.83. The number of carbonyl (C=O) groups excluding carboxylic acids is 1. The van der Waals surface area contributed by atoms with Crippen molar-refractivity contribution in [2.75, 3.05) is 6.61 Å². The maximum Gasteiger partial charge on any atom is 0.337 e. The van der Waals surface area contributed by atoms with E-state index < -0.39 is 24.0 Å². The van der Waals surface area contributed by atoms with Crippen LogP contribution in [0.4, 0.5) is 8.78 Å². The monoisotopic (exact) mass is 456 g/mol. The highest BCUT2D eigenvalue weighted by molar-refractivity contribution is 9.10. The molecule has 1 aromatic carbocycles. The molecule has 6 nitrogen and oxygen atoms in total. The first-order valence-electron chi connectivity index (χ1n) is 8.35. The first-order chi connectivity index (χ1) is 12.9. The van der Waals surface area contributed by atoms with Gasteiger partial charge in [-0.25, -0.2) is 13.6 Å². The van der Waals surface area contributed by atoms with Gasteiger partial charge in [-0.2, -0.15) is 5.10 Å². The van der Waals surface area contributed by atoms with Gasteiger partial charge in [0.25, 0.3) is 0 Å². The molecular formula is C17H15BrF2N4O2S. The van der Waals surface area contributed by atoms with Gasteiger partial charge in [0, 0.05) is 22.8 Å². The van der Waals surface area contributed by atoms with Gasteiger partial charge < -0.3 is 14.3 Å². The topological polar surface area (TPSA) is 64.8 Å². The van der Waals surface area contributed by atoms with Crippen LogP contribution >= 0.6 is 28.1 Å². The van der Waals surface area contributed by atoms with Gasteiger partial charge >= 0.3 is 5.97 Å². The first kappa shape index (κ1) is 18.3. The molecule has 3 aromatic rings. The maximum absolute atomic E-state index is 14.3. The maximum atomic E-state index is 14.3. The zero-order valence-electron chi connectivity index (χ0n) is 14.2. The van der Waals surface area contributed by atoms with E-state index >= 15 is 0 Å². The zero-order chi connectivity index (χ0) is 19.3. The molecule has 0 fully saturated rings. The minimum atomic E-state index is -1.07. The Bertz CT molecular complexity index is 1110. The highest BCUT2D eigenvalue weighted by Crippen LogP contribution is 2.31. The van der Waals surface area contributed by atoms with Crippen LogP contribution in [0.3, 0.4) is 0 Å². The van der Waals surface area contributed by atoms with E-state index in [1.807, 2.05) is 0 Å². The number of aromatic nitrogens is 4. The van der Waals surface area contributed by atoms with Gasteiger partial charge in [0.05, 0.1) is 29.7 Å². The van der Waals surface area contributed by atoms with Crippen LogP contribution in [-0.2, 0) is 22.5 Å². The largest absolute Gasteiger partial charge is 0.464 e. The summed E-state index contributed by atoms with van der Waals surface area (Å²) in [6, 6.07) is 1.96. The molecule has 4 rings (SSSR count). The number of carbonyl (C=O) groups is 1. The molecule has 0 saturated heterocycles. The second-order valence-corrected chi connectivity index (χ2v) is 7.59. The molecule has 27 heavy (non-hydrogen) atoms. The van der Waals surface area contributed by atoms with Crippen LogP contribution in [0.5, 0.6) is 0 Å². The van der Waals surface area contributed by atoms with Crippen molar-refractivity contribution in [2.45, 2.75) is 32.1 Å². The highest BCUT2D eigenvalue weighted by Gasteiger charge is 2.35. The minimum absolute atomic E-state index is 0.138. The third kappa shape index (κ3) is 3.10. The van der Waals surface area contributed by atoms with Crippen molar-refractivity contribution in [2.24, 2.45) is 0 Å². The van der Waals surface area contributed by atoms with Crippen LogP contribution in [0.1, 0.15) is 24.4 Å². The number of alkyl halides is 1. The number of esters is 1. The summed E-state index contributed by atoms with van der Waals surface area (Å²) < 4.78 is 37.2. The normalized spacial score (nSPS) is 17.3. The number of ether oxygens (including phenoxy) is 1. The quantitative estimate of drug-likeness (QED) is 0.478. The Hall–Kier alpha value is -2.07. The van der Waals surface area contributed by atoms with Crippen molar-refractivity contribution in [3.8, 4) is 0 Å². The van der Waals surface area contributed by atoms with Crippen LogP contribution in [0.15, 0.2) is 22.8 Å². The van der Waals surface area contributed by atoms with Gasteiger partial charge in [0.15, 0.2) is 10.8 Å². The van der Waals surface area contributed by atoms with Crippen LogP contribution in [-0.4, -0.2) is 38.1 Å². The van der Waals surface area contributed by atoms with E-state index in [0.717, 1.165) is 0 Å². The first-order valence-corrected chi connectivity index (χ1v) is 9.55. The van der Waals surface area contributed by atoms with Gasteiger partial charge in [-0.05, 0) is 31.3 Å². The summed E-state index contributed by atoms with van der Waals surface area (Å²) in [5, 5.41) is 4.63. The number of halogens is 3. The van der Waals surface area contributed by atoms with Gasteiger partial charge in [0.1, 0.15) is 12.0 Å². The average Bonchev–Trinajstić information content (AvgIpc) is 3.24. The van der Waals surface area contributed by atoms with E-state index in [1.54, 1.807) is 17.6 Å². The molecule has 3 heterocycles. The lowest BCUT2D eigenvalue weighted by Gasteiger charge is -2.16. The van der Waals surface area contributed by atoms with Crippen LogP contribution in [0.2, 0.25) is 0 Å². The number of hydrogen-bond donors (Lipinski definition) is 1. The smallest absolute Gasteiger partial charge is 0.337 e. The van der Waals surface area contributed by atoms with E-state index in [1.165, 1.54) is 16.9 Å². The van der Waals surface area contributed by atoms with Crippen molar-refractivity contribution in [3.05, 3.63) is 44.8 Å². The molecule has 0 aliphatic carbocycles. The van der Waals surface area contributed by atoms with Crippen LogP contribution < -0.4 is 0 Å². The SMILES string of the molecule is CCOC(=O)C(c1[nH]c(=S)n2c1C[C@@H](F)C2)n1cc2c(F)cc(Br)cc2n1. The molecule has 1 aliphatic rings. The lowest BCUT2D eigenvalue weighted by atomic mass is 10.1. The lowest BCUT2D eigenvalue weighted by molar-refractivity contribution is -0.146. The molecule has 2 aromatic heterocycles. The lowest BCUT2D eigenvalue weighted by Crippen LogP contribution is -2.25. The summed E-state index contributed by atoms with van der Waals surface area (Å²) in [5.74, 6) is -1.04. The Kier molecular flexibility index (Phi) is 4.63. The molecule has 0 radical (unpaired) electrons. The third-order valence-electron chi connectivity index (χ3n) is 4.52. The molecule has 0 saturated carbocycles. The van der Waals surface area contributed by atoms with Crippen molar-refractivity contribution >= 4 is 45.0 Å². The molecule has 2 atom stereocenters. The molecule has 1 N–H and O–H groups in total. The van der Waals surface area contributed by atoms with Crippen molar-refractivity contribution < 1.29 is 18.3 Å². The summed E-state index contributed by atoms with van der Waals surface area (Å²) in [7, 11) is 0. The van der Waals surface area contributed by atoms with Crippen LogP contribution in [0.25, 0.3) is 10.9 Å².